The Labute approximate surface area is 111 Å². The first-order valence-electron chi connectivity index (χ1n) is 4.57. The lowest BCUT2D eigenvalue weighted by Gasteiger charge is -2.20. The molecule has 2 heterocycles. The number of hydrogen-bond donors (Lipinski definition) is 0. The van der Waals surface area contributed by atoms with E-state index in [1.165, 1.54) is 11.5 Å². The highest BCUT2D eigenvalue weighted by Crippen LogP contribution is 2.36. The van der Waals surface area contributed by atoms with Crippen LogP contribution >= 0.6 is 51.1 Å². The van der Waals surface area contributed by atoms with E-state index >= 15 is 0 Å². The zero-order chi connectivity index (χ0) is 10.8. The van der Waals surface area contributed by atoms with Gasteiger partial charge in [0.2, 0.25) is 0 Å². The van der Waals surface area contributed by atoms with Gasteiger partial charge in [0.15, 0.2) is 0 Å². The van der Waals surface area contributed by atoms with Crippen molar-refractivity contribution in [3.05, 3.63) is 21.1 Å². The van der Waals surface area contributed by atoms with Crippen LogP contribution in [-0.2, 0) is 0 Å². The average molecular weight is 326 g/mol. The summed E-state index contributed by atoms with van der Waals surface area (Å²) in [6, 6.07) is 0. The van der Waals surface area contributed by atoms with Crippen LogP contribution in [0.5, 0.6) is 0 Å². The van der Waals surface area contributed by atoms with Crippen molar-refractivity contribution in [1.82, 2.24) is 9.97 Å². The Hall–Kier alpha value is 0.550. The number of rotatable bonds is 1. The van der Waals surface area contributed by atoms with Crippen molar-refractivity contribution >= 4 is 51.1 Å². The van der Waals surface area contributed by atoms with Crippen LogP contribution in [0, 0.1) is 6.92 Å². The predicted molar refractivity (Wildman–Crippen MR) is 72.0 cm³/mol. The Morgan fingerprint density at radius 3 is 2.80 bits per heavy atom. The molecule has 0 aromatic carbocycles. The predicted octanol–water partition coefficient (Wildman–Crippen LogP) is 3.72. The standard InChI is InChI=1S/C9H10BrClN2S2/c1-5-7(10)8(11)13-9(12-5)6-4-14-2-3-15-6/h6H,2-4H2,1H3. The number of halogens is 2. The monoisotopic (exact) mass is 324 g/mol. The molecule has 15 heavy (non-hydrogen) atoms. The number of aromatic nitrogens is 2. The largest absolute Gasteiger partial charge is 0.236 e. The highest BCUT2D eigenvalue weighted by Gasteiger charge is 2.20. The summed E-state index contributed by atoms with van der Waals surface area (Å²) in [4.78, 5) is 8.81. The number of hydrogen-bond acceptors (Lipinski definition) is 4. The van der Waals surface area contributed by atoms with E-state index in [4.69, 9.17) is 11.6 Å². The maximum absolute atomic E-state index is 6.02. The second-order valence-corrected chi connectivity index (χ2v) is 6.82. The molecule has 0 spiro atoms. The van der Waals surface area contributed by atoms with Gasteiger partial charge in [-0.15, -0.1) is 11.8 Å². The summed E-state index contributed by atoms with van der Waals surface area (Å²) in [5.74, 6) is 4.36. The molecule has 1 aliphatic heterocycles. The maximum atomic E-state index is 6.02. The third kappa shape index (κ3) is 2.81. The minimum atomic E-state index is 0.396. The lowest BCUT2D eigenvalue weighted by atomic mass is 10.4. The molecule has 0 bridgehead atoms. The summed E-state index contributed by atoms with van der Waals surface area (Å²) < 4.78 is 0.807. The van der Waals surface area contributed by atoms with Crippen molar-refractivity contribution < 1.29 is 0 Å². The van der Waals surface area contributed by atoms with Crippen LogP contribution < -0.4 is 0 Å². The molecule has 0 saturated carbocycles. The Morgan fingerprint density at radius 1 is 1.40 bits per heavy atom. The van der Waals surface area contributed by atoms with Crippen molar-refractivity contribution in [3.63, 3.8) is 0 Å². The fraction of sp³-hybridized carbons (Fsp3) is 0.556. The molecule has 1 atom stereocenters. The molecule has 1 aromatic rings. The third-order valence-electron chi connectivity index (χ3n) is 2.10. The number of aryl methyl sites for hydroxylation is 1. The van der Waals surface area contributed by atoms with Crippen molar-refractivity contribution in [2.75, 3.05) is 17.3 Å². The van der Waals surface area contributed by atoms with Crippen LogP contribution in [0.25, 0.3) is 0 Å². The first-order chi connectivity index (χ1) is 7.18. The first-order valence-corrected chi connectivity index (χ1v) is 7.95. The molecule has 0 aliphatic carbocycles. The van der Waals surface area contributed by atoms with Gasteiger partial charge in [0.25, 0.3) is 0 Å². The van der Waals surface area contributed by atoms with E-state index in [2.05, 4.69) is 25.9 Å². The van der Waals surface area contributed by atoms with Gasteiger partial charge in [-0.3, -0.25) is 0 Å². The maximum Gasteiger partial charge on any atom is 0.147 e. The van der Waals surface area contributed by atoms with Gasteiger partial charge in [-0.25, -0.2) is 9.97 Å². The van der Waals surface area contributed by atoms with E-state index in [1.54, 1.807) is 0 Å². The average Bonchev–Trinajstić information content (AvgIpc) is 2.26. The Balaban J connectivity index is 2.27. The fourth-order valence-electron chi connectivity index (χ4n) is 1.33. The number of nitrogens with zero attached hydrogens (tertiary/aromatic N) is 2. The quantitative estimate of drug-likeness (QED) is 0.735. The number of thioether (sulfide) groups is 2. The molecular weight excluding hydrogens is 316 g/mol. The van der Waals surface area contributed by atoms with Gasteiger partial charge in [0.1, 0.15) is 11.0 Å². The highest BCUT2D eigenvalue weighted by atomic mass is 79.9. The van der Waals surface area contributed by atoms with Crippen molar-refractivity contribution in [3.8, 4) is 0 Å². The molecule has 1 unspecified atom stereocenters. The zero-order valence-electron chi connectivity index (χ0n) is 8.17. The van der Waals surface area contributed by atoms with Crippen LogP contribution in [0.4, 0.5) is 0 Å². The van der Waals surface area contributed by atoms with E-state index in [0.717, 1.165) is 21.7 Å². The van der Waals surface area contributed by atoms with Crippen molar-refractivity contribution in [1.29, 1.82) is 0 Å². The topological polar surface area (TPSA) is 25.8 Å². The van der Waals surface area contributed by atoms with E-state index in [1.807, 2.05) is 30.4 Å². The summed E-state index contributed by atoms with van der Waals surface area (Å²) in [5, 5.41) is 0.918. The minimum Gasteiger partial charge on any atom is -0.236 e. The Bertz CT molecular complexity index is 346. The van der Waals surface area contributed by atoms with E-state index in [0.29, 0.717) is 10.4 Å². The first kappa shape index (κ1) is 12.0. The van der Waals surface area contributed by atoms with Crippen molar-refractivity contribution in [2.24, 2.45) is 0 Å². The molecule has 1 fully saturated rings. The SMILES string of the molecule is Cc1nc(C2CSCCS2)nc(Cl)c1Br. The third-order valence-corrected chi connectivity index (χ3v) is 6.30. The van der Waals surface area contributed by atoms with Gasteiger partial charge in [-0.05, 0) is 22.9 Å². The Morgan fingerprint density at radius 2 is 2.20 bits per heavy atom. The second-order valence-electron chi connectivity index (χ2n) is 3.21. The van der Waals surface area contributed by atoms with Gasteiger partial charge in [0, 0.05) is 17.3 Å². The fourth-order valence-corrected chi connectivity index (χ4v) is 4.33. The summed E-state index contributed by atoms with van der Waals surface area (Å²) in [6.07, 6.45) is 0. The molecular formula is C9H10BrClN2S2. The van der Waals surface area contributed by atoms with Crippen molar-refractivity contribution in [2.45, 2.75) is 12.2 Å². The lowest BCUT2D eigenvalue weighted by Crippen LogP contribution is -2.11. The van der Waals surface area contributed by atoms with Crippen LogP contribution in [0.1, 0.15) is 16.8 Å². The molecule has 0 amide bonds. The highest BCUT2D eigenvalue weighted by molar-refractivity contribution is 9.10. The normalized spacial score (nSPS) is 21.7. The lowest BCUT2D eigenvalue weighted by molar-refractivity contribution is 0.897. The van der Waals surface area contributed by atoms with Crippen LogP contribution in [0.15, 0.2) is 4.47 Å². The molecule has 0 radical (unpaired) electrons. The summed E-state index contributed by atoms with van der Waals surface area (Å²) in [7, 11) is 0. The molecule has 0 N–H and O–H groups in total. The molecule has 2 nitrogen and oxygen atoms in total. The Kier molecular flexibility index (Phi) is 4.21. The van der Waals surface area contributed by atoms with Gasteiger partial charge in [-0.1, -0.05) is 11.6 Å². The zero-order valence-corrected chi connectivity index (χ0v) is 12.1. The van der Waals surface area contributed by atoms with Crippen LogP contribution in [-0.4, -0.2) is 27.2 Å². The van der Waals surface area contributed by atoms with E-state index < -0.39 is 0 Å². The summed E-state index contributed by atoms with van der Waals surface area (Å²) >= 11 is 13.3. The summed E-state index contributed by atoms with van der Waals surface area (Å²) in [6.45, 7) is 1.95. The van der Waals surface area contributed by atoms with Crippen LogP contribution in [0.3, 0.4) is 0 Å². The van der Waals surface area contributed by atoms with Gasteiger partial charge in [-0.2, -0.15) is 11.8 Å². The van der Waals surface area contributed by atoms with Crippen LogP contribution in [0.2, 0.25) is 5.15 Å². The van der Waals surface area contributed by atoms with Gasteiger partial charge < -0.3 is 0 Å². The second kappa shape index (κ2) is 5.25. The van der Waals surface area contributed by atoms with E-state index in [-0.39, 0.29) is 0 Å². The molecule has 1 aromatic heterocycles. The molecule has 82 valence electrons. The molecule has 2 rings (SSSR count). The molecule has 1 aliphatic rings. The van der Waals surface area contributed by atoms with E-state index in [9.17, 15) is 0 Å². The smallest absolute Gasteiger partial charge is 0.147 e. The van der Waals surface area contributed by atoms with Gasteiger partial charge in [0.05, 0.1) is 15.4 Å². The van der Waals surface area contributed by atoms with Gasteiger partial charge >= 0.3 is 0 Å². The minimum absolute atomic E-state index is 0.396. The molecule has 1 saturated heterocycles. The summed E-state index contributed by atoms with van der Waals surface area (Å²) in [5.41, 5.74) is 0.918. The molecule has 6 heteroatoms.